The van der Waals surface area contributed by atoms with E-state index in [1.807, 2.05) is 0 Å². The quantitative estimate of drug-likeness (QED) is 0.775. The van der Waals surface area contributed by atoms with E-state index in [4.69, 9.17) is 5.73 Å². The molecule has 2 atom stereocenters. The van der Waals surface area contributed by atoms with Crippen molar-refractivity contribution in [3.05, 3.63) is 35.9 Å². The Bertz CT molecular complexity index is 273. The van der Waals surface area contributed by atoms with Gasteiger partial charge in [-0.2, -0.15) is 0 Å². The van der Waals surface area contributed by atoms with E-state index in [1.165, 1.54) is 12.0 Å². The molecular formula is C11H16ClN. The lowest BCUT2D eigenvalue weighted by Gasteiger charge is -2.06. The van der Waals surface area contributed by atoms with Gasteiger partial charge in [0.25, 0.3) is 0 Å². The summed E-state index contributed by atoms with van der Waals surface area (Å²) in [7, 11) is 0. The fraction of sp³-hybridized carbons (Fsp3) is 0.455. The summed E-state index contributed by atoms with van der Waals surface area (Å²) in [5, 5.41) is 0. The van der Waals surface area contributed by atoms with Gasteiger partial charge in [-0.3, -0.25) is 0 Å². The van der Waals surface area contributed by atoms with E-state index in [2.05, 4.69) is 37.3 Å². The number of benzene rings is 1. The van der Waals surface area contributed by atoms with E-state index in [0.717, 1.165) is 6.54 Å². The summed E-state index contributed by atoms with van der Waals surface area (Å²) in [6.07, 6.45) is 1.26. The van der Waals surface area contributed by atoms with Crippen molar-refractivity contribution in [3.63, 3.8) is 0 Å². The first kappa shape index (κ1) is 10.6. The number of halogens is 1. The van der Waals surface area contributed by atoms with E-state index in [0.29, 0.717) is 11.3 Å². The first-order valence-electron chi connectivity index (χ1n) is 4.51. The third-order valence-corrected chi connectivity index (χ3v) is 3.02. The normalized spacial score (nSPS) is 30.8. The topological polar surface area (TPSA) is 26.0 Å². The largest absolute Gasteiger partial charge is 0.330 e. The van der Waals surface area contributed by atoms with E-state index in [9.17, 15) is 0 Å². The molecule has 0 unspecified atom stereocenters. The predicted octanol–water partition coefficient (Wildman–Crippen LogP) is 2.56. The van der Waals surface area contributed by atoms with Crippen molar-refractivity contribution in [2.24, 2.45) is 11.1 Å². The highest BCUT2D eigenvalue weighted by Crippen LogP contribution is 2.58. The van der Waals surface area contributed by atoms with Crippen molar-refractivity contribution in [3.8, 4) is 0 Å². The van der Waals surface area contributed by atoms with E-state index >= 15 is 0 Å². The molecule has 72 valence electrons. The van der Waals surface area contributed by atoms with E-state index < -0.39 is 0 Å². The minimum absolute atomic E-state index is 0. The summed E-state index contributed by atoms with van der Waals surface area (Å²) in [6, 6.07) is 10.7. The summed E-state index contributed by atoms with van der Waals surface area (Å²) in [6.45, 7) is 3.08. The van der Waals surface area contributed by atoms with Crippen molar-refractivity contribution >= 4 is 12.4 Å². The Balaban J connectivity index is 0.000000845. The van der Waals surface area contributed by atoms with Crippen LogP contribution in [0.15, 0.2) is 30.3 Å². The zero-order chi connectivity index (χ0) is 8.60. The Morgan fingerprint density at radius 3 is 2.46 bits per heavy atom. The smallest absolute Gasteiger partial charge is 0.00171 e. The Morgan fingerprint density at radius 2 is 2.00 bits per heavy atom. The number of nitrogens with two attached hydrogens (primary N) is 1. The lowest BCUT2D eigenvalue weighted by molar-refractivity contribution is 0.564. The summed E-state index contributed by atoms with van der Waals surface area (Å²) in [5.74, 6) is 0.712. The van der Waals surface area contributed by atoms with Gasteiger partial charge in [-0.1, -0.05) is 37.3 Å². The standard InChI is InChI=1S/C11H15N.ClH/c1-11(8-12)7-10(11)9-5-3-2-4-6-9;/h2-6,10H,7-8,12H2,1H3;1H/t10-,11+;/m0./s1. The highest BCUT2D eigenvalue weighted by Gasteiger charge is 2.49. The van der Waals surface area contributed by atoms with Crippen molar-refractivity contribution in [1.29, 1.82) is 0 Å². The third kappa shape index (κ3) is 1.87. The molecule has 1 aliphatic carbocycles. The molecule has 0 heterocycles. The minimum atomic E-state index is 0. The highest BCUT2D eigenvalue weighted by atomic mass is 35.5. The van der Waals surface area contributed by atoms with Gasteiger partial charge in [0.2, 0.25) is 0 Å². The molecule has 0 bridgehead atoms. The summed E-state index contributed by atoms with van der Waals surface area (Å²) in [5.41, 5.74) is 7.54. The maximum absolute atomic E-state index is 5.70. The third-order valence-electron chi connectivity index (χ3n) is 3.02. The van der Waals surface area contributed by atoms with Crippen LogP contribution in [0.1, 0.15) is 24.8 Å². The zero-order valence-electron chi connectivity index (χ0n) is 7.86. The van der Waals surface area contributed by atoms with Crippen molar-refractivity contribution in [2.45, 2.75) is 19.3 Å². The average Bonchev–Trinajstić information content (AvgIpc) is 2.81. The van der Waals surface area contributed by atoms with Gasteiger partial charge in [-0.25, -0.2) is 0 Å². The molecule has 0 saturated heterocycles. The van der Waals surface area contributed by atoms with Gasteiger partial charge in [0.1, 0.15) is 0 Å². The summed E-state index contributed by atoms with van der Waals surface area (Å²) >= 11 is 0. The molecule has 0 aromatic heterocycles. The van der Waals surface area contributed by atoms with Crippen LogP contribution in [0.5, 0.6) is 0 Å². The maximum atomic E-state index is 5.70. The van der Waals surface area contributed by atoms with Gasteiger partial charge in [-0.05, 0) is 29.9 Å². The van der Waals surface area contributed by atoms with Crippen LogP contribution in [-0.2, 0) is 0 Å². The number of hydrogen-bond donors (Lipinski definition) is 1. The molecule has 2 N–H and O–H groups in total. The van der Waals surface area contributed by atoms with Crippen LogP contribution in [0.25, 0.3) is 0 Å². The van der Waals surface area contributed by atoms with Crippen LogP contribution in [0.3, 0.4) is 0 Å². The number of rotatable bonds is 2. The zero-order valence-corrected chi connectivity index (χ0v) is 8.68. The van der Waals surface area contributed by atoms with Crippen LogP contribution in [0, 0.1) is 5.41 Å². The minimum Gasteiger partial charge on any atom is -0.330 e. The average molecular weight is 198 g/mol. The summed E-state index contributed by atoms with van der Waals surface area (Å²) in [4.78, 5) is 0. The van der Waals surface area contributed by atoms with Crippen LogP contribution in [0.2, 0.25) is 0 Å². The molecule has 2 heteroatoms. The predicted molar refractivity (Wildman–Crippen MR) is 58.2 cm³/mol. The Kier molecular flexibility index (Phi) is 2.99. The van der Waals surface area contributed by atoms with Crippen LogP contribution < -0.4 is 5.73 Å². The van der Waals surface area contributed by atoms with Gasteiger partial charge >= 0.3 is 0 Å². The molecule has 1 aliphatic rings. The van der Waals surface area contributed by atoms with Gasteiger partial charge in [0.15, 0.2) is 0 Å². The van der Waals surface area contributed by atoms with Crippen molar-refractivity contribution in [2.75, 3.05) is 6.54 Å². The lowest BCUT2D eigenvalue weighted by Crippen LogP contribution is -2.13. The molecule has 0 radical (unpaired) electrons. The molecule has 1 nitrogen and oxygen atoms in total. The van der Waals surface area contributed by atoms with Gasteiger partial charge in [0, 0.05) is 0 Å². The van der Waals surface area contributed by atoms with Crippen molar-refractivity contribution in [1.82, 2.24) is 0 Å². The lowest BCUT2D eigenvalue weighted by atomic mass is 10.0. The highest BCUT2D eigenvalue weighted by molar-refractivity contribution is 5.85. The molecular weight excluding hydrogens is 182 g/mol. The SMILES string of the molecule is C[C@]1(CN)C[C@H]1c1ccccc1.Cl. The van der Waals surface area contributed by atoms with E-state index in [1.54, 1.807) is 0 Å². The Labute approximate surface area is 85.7 Å². The fourth-order valence-corrected chi connectivity index (χ4v) is 1.84. The van der Waals surface area contributed by atoms with Crippen LogP contribution in [-0.4, -0.2) is 6.54 Å². The molecule has 0 spiro atoms. The van der Waals surface area contributed by atoms with Gasteiger partial charge < -0.3 is 5.73 Å². The van der Waals surface area contributed by atoms with Crippen molar-refractivity contribution < 1.29 is 0 Å². The fourth-order valence-electron chi connectivity index (χ4n) is 1.84. The Hall–Kier alpha value is -0.530. The molecule has 1 fully saturated rings. The molecule has 1 aromatic rings. The first-order valence-corrected chi connectivity index (χ1v) is 4.51. The van der Waals surface area contributed by atoms with Crippen LogP contribution in [0.4, 0.5) is 0 Å². The van der Waals surface area contributed by atoms with Crippen LogP contribution >= 0.6 is 12.4 Å². The van der Waals surface area contributed by atoms with Gasteiger partial charge in [0.05, 0.1) is 0 Å². The Morgan fingerprint density at radius 1 is 1.38 bits per heavy atom. The first-order chi connectivity index (χ1) is 5.76. The molecule has 0 amide bonds. The molecule has 1 saturated carbocycles. The monoisotopic (exact) mass is 197 g/mol. The molecule has 13 heavy (non-hydrogen) atoms. The number of hydrogen-bond acceptors (Lipinski definition) is 1. The second kappa shape index (κ2) is 3.69. The molecule has 1 aromatic carbocycles. The molecule has 2 rings (SSSR count). The second-order valence-electron chi connectivity index (χ2n) is 4.03. The second-order valence-corrected chi connectivity index (χ2v) is 4.03. The maximum Gasteiger partial charge on any atom is -0.00171 e. The van der Waals surface area contributed by atoms with Gasteiger partial charge in [-0.15, -0.1) is 12.4 Å². The summed E-state index contributed by atoms with van der Waals surface area (Å²) < 4.78 is 0. The van der Waals surface area contributed by atoms with E-state index in [-0.39, 0.29) is 12.4 Å². The molecule has 0 aliphatic heterocycles.